The molecule has 1 heterocycles. The highest BCUT2D eigenvalue weighted by atomic mass is 14.7. The molecule has 0 bridgehead atoms. The fourth-order valence-corrected chi connectivity index (χ4v) is 2.91. The molecule has 0 saturated carbocycles. The standard InChI is InChI=1S/C19H34N2/c1-3-4-5-6-7-8-9-10-11-12-13-19(20)18-14-15-21-16-17(18)2/h14-16,19H,3-13,20H2,1-2H3. The Hall–Kier alpha value is -0.890. The average molecular weight is 290 g/mol. The van der Waals surface area contributed by atoms with Crippen LogP contribution in [0.4, 0.5) is 0 Å². The number of aryl methyl sites for hydroxylation is 1. The number of nitrogens with two attached hydrogens (primary N) is 1. The van der Waals surface area contributed by atoms with Crippen molar-refractivity contribution in [2.45, 2.75) is 90.5 Å². The summed E-state index contributed by atoms with van der Waals surface area (Å²) in [6.45, 7) is 4.37. The highest BCUT2D eigenvalue weighted by Crippen LogP contribution is 2.20. The zero-order valence-electron chi connectivity index (χ0n) is 14.1. The van der Waals surface area contributed by atoms with E-state index in [1.54, 1.807) is 0 Å². The predicted molar refractivity (Wildman–Crippen MR) is 92.4 cm³/mol. The van der Waals surface area contributed by atoms with E-state index in [9.17, 15) is 0 Å². The molecule has 120 valence electrons. The number of hydrogen-bond acceptors (Lipinski definition) is 2. The van der Waals surface area contributed by atoms with Gasteiger partial charge < -0.3 is 5.73 Å². The van der Waals surface area contributed by atoms with Crippen LogP contribution in [0.25, 0.3) is 0 Å². The fraction of sp³-hybridized carbons (Fsp3) is 0.737. The van der Waals surface area contributed by atoms with Crippen LogP contribution in [0.5, 0.6) is 0 Å². The Labute approximate surface area is 131 Å². The van der Waals surface area contributed by atoms with Gasteiger partial charge in [0.15, 0.2) is 0 Å². The highest BCUT2D eigenvalue weighted by molar-refractivity contribution is 5.24. The molecule has 0 fully saturated rings. The summed E-state index contributed by atoms with van der Waals surface area (Å²) in [4.78, 5) is 4.13. The zero-order chi connectivity index (χ0) is 15.3. The number of unbranched alkanes of at least 4 members (excludes halogenated alkanes) is 9. The summed E-state index contributed by atoms with van der Waals surface area (Å²) in [5.74, 6) is 0. The van der Waals surface area contributed by atoms with Gasteiger partial charge in [-0.25, -0.2) is 0 Å². The lowest BCUT2D eigenvalue weighted by Crippen LogP contribution is -2.11. The molecule has 2 nitrogen and oxygen atoms in total. The van der Waals surface area contributed by atoms with E-state index < -0.39 is 0 Å². The van der Waals surface area contributed by atoms with Crippen molar-refractivity contribution in [2.24, 2.45) is 5.73 Å². The molecule has 0 aliphatic rings. The van der Waals surface area contributed by atoms with Crippen molar-refractivity contribution in [3.63, 3.8) is 0 Å². The quantitative estimate of drug-likeness (QED) is 0.501. The zero-order valence-corrected chi connectivity index (χ0v) is 14.1. The van der Waals surface area contributed by atoms with Gasteiger partial charge in [-0.1, -0.05) is 71.1 Å². The van der Waals surface area contributed by atoms with Gasteiger partial charge in [0.25, 0.3) is 0 Å². The summed E-state index contributed by atoms with van der Waals surface area (Å²) in [5.41, 5.74) is 8.76. The van der Waals surface area contributed by atoms with Crippen LogP contribution in [-0.2, 0) is 0 Å². The van der Waals surface area contributed by atoms with Crippen LogP contribution in [0.3, 0.4) is 0 Å². The number of rotatable bonds is 12. The Morgan fingerprint density at radius 3 is 2.10 bits per heavy atom. The molecule has 21 heavy (non-hydrogen) atoms. The first kappa shape index (κ1) is 18.2. The Bertz CT molecular complexity index is 362. The van der Waals surface area contributed by atoms with Gasteiger partial charge in [0, 0.05) is 18.4 Å². The van der Waals surface area contributed by atoms with Crippen molar-refractivity contribution in [1.29, 1.82) is 0 Å². The smallest absolute Gasteiger partial charge is 0.0300 e. The van der Waals surface area contributed by atoms with Gasteiger partial charge in [-0.3, -0.25) is 4.98 Å². The molecule has 1 unspecified atom stereocenters. The van der Waals surface area contributed by atoms with Gasteiger partial charge in [-0.15, -0.1) is 0 Å². The normalized spacial score (nSPS) is 12.5. The van der Waals surface area contributed by atoms with E-state index in [0.29, 0.717) is 0 Å². The van der Waals surface area contributed by atoms with E-state index in [0.717, 1.165) is 6.42 Å². The molecule has 0 aliphatic heterocycles. The first-order valence-corrected chi connectivity index (χ1v) is 8.91. The summed E-state index contributed by atoms with van der Waals surface area (Å²) in [5, 5.41) is 0. The molecule has 2 heteroatoms. The minimum Gasteiger partial charge on any atom is -0.324 e. The van der Waals surface area contributed by atoms with E-state index in [1.165, 1.54) is 75.3 Å². The van der Waals surface area contributed by atoms with Crippen molar-refractivity contribution >= 4 is 0 Å². The molecule has 0 amide bonds. The van der Waals surface area contributed by atoms with Gasteiger partial charge >= 0.3 is 0 Å². The first-order chi connectivity index (χ1) is 10.3. The molecular weight excluding hydrogens is 256 g/mol. The molecule has 0 spiro atoms. The van der Waals surface area contributed by atoms with Gasteiger partial charge in [0.2, 0.25) is 0 Å². The van der Waals surface area contributed by atoms with Crippen LogP contribution in [0, 0.1) is 6.92 Å². The van der Waals surface area contributed by atoms with E-state index >= 15 is 0 Å². The average Bonchev–Trinajstić information content (AvgIpc) is 2.49. The SMILES string of the molecule is CCCCCCCCCCCCC(N)c1ccncc1C. The third-order valence-electron chi connectivity index (χ3n) is 4.33. The lowest BCUT2D eigenvalue weighted by atomic mass is 9.98. The Kier molecular flexibility index (Phi) is 10.1. The Balaban J connectivity index is 1.98. The molecule has 1 aromatic rings. The minimum atomic E-state index is 0.182. The van der Waals surface area contributed by atoms with E-state index in [4.69, 9.17) is 5.73 Å². The number of nitrogens with zero attached hydrogens (tertiary/aromatic N) is 1. The van der Waals surface area contributed by atoms with Crippen LogP contribution in [0.2, 0.25) is 0 Å². The van der Waals surface area contributed by atoms with Crippen molar-refractivity contribution in [1.82, 2.24) is 4.98 Å². The Morgan fingerprint density at radius 2 is 1.52 bits per heavy atom. The van der Waals surface area contributed by atoms with E-state index in [1.807, 2.05) is 12.4 Å². The fourth-order valence-electron chi connectivity index (χ4n) is 2.91. The third kappa shape index (κ3) is 8.21. The molecule has 0 radical (unpaired) electrons. The van der Waals surface area contributed by atoms with Crippen LogP contribution in [0.15, 0.2) is 18.5 Å². The summed E-state index contributed by atoms with van der Waals surface area (Å²) < 4.78 is 0. The van der Waals surface area contributed by atoms with Gasteiger partial charge in [-0.2, -0.15) is 0 Å². The van der Waals surface area contributed by atoms with Crippen molar-refractivity contribution in [3.8, 4) is 0 Å². The van der Waals surface area contributed by atoms with Crippen LogP contribution in [-0.4, -0.2) is 4.98 Å². The van der Waals surface area contributed by atoms with Crippen LogP contribution >= 0.6 is 0 Å². The first-order valence-electron chi connectivity index (χ1n) is 8.91. The second-order valence-corrected chi connectivity index (χ2v) is 6.31. The summed E-state index contributed by atoms with van der Waals surface area (Å²) in [6, 6.07) is 2.25. The van der Waals surface area contributed by atoms with E-state index in [2.05, 4.69) is 24.9 Å². The monoisotopic (exact) mass is 290 g/mol. The molecule has 0 aliphatic carbocycles. The number of pyridine rings is 1. The maximum Gasteiger partial charge on any atom is 0.0300 e. The highest BCUT2D eigenvalue weighted by Gasteiger charge is 2.07. The largest absolute Gasteiger partial charge is 0.324 e. The van der Waals surface area contributed by atoms with E-state index in [-0.39, 0.29) is 6.04 Å². The topological polar surface area (TPSA) is 38.9 Å². The predicted octanol–water partition coefficient (Wildman–Crippen LogP) is 5.70. The molecule has 1 aromatic heterocycles. The number of hydrogen-bond donors (Lipinski definition) is 1. The van der Waals surface area contributed by atoms with Crippen molar-refractivity contribution in [3.05, 3.63) is 29.6 Å². The van der Waals surface area contributed by atoms with Crippen LogP contribution in [0.1, 0.15) is 94.7 Å². The van der Waals surface area contributed by atoms with Crippen molar-refractivity contribution < 1.29 is 0 Å². The summed E-state index contributed by atoms with van der Waals surface area (Å²) in [7, 11) is 0. The number of aromatic nitrogens is 1. The molecule has 0 aromatic carbocycles. The molecular formula is C19H34N2. The van der Waals surface area contributed by atoms with Crippen molar-refractivity contribution in [2.75, 3.05) is 0 Å². The maximum atomic E-state index is 6.28. The summed E-state index contributed by atoms with van der Waals surface area (Å²) >= 11 is 0. The van der Waals surface area contributed by atoms with Gasteiger partial charge in [0.05, 0.1) is 0 Å². The Morgan fingerprint density at radius 1 is 0.952 bits per heavy atom. The van der Waals surface area contributed by atoms with Gasteiger partial charge in [-0.05, 0) is 30.5 Å². The minimum absolute atomic E-state index is 0.182. The molecule has 2 N–H and O–H groups in total. The maximum absolute atomic E-state index is 6.28. The van der Waals surface area contributed by atoms with Crippen LogP contribution < -0.4 is 5.73 Å². The second kappa shape index (κ2) is 11.7. The lowest BCUT2D eigenvalue weighted by molar-refractivity contribution is 0.528. The summed E-state index contributed by atoms with van der Waals surface area (Å²) in [6.07, 6.45) is 18.7. The third-order valence-corrected chi connectivity index (χ3v) is 4.33. The molecule has 1 atom stereocenters. The van der Waals surface area contributed by atoms with Gasteiger partial charge in [0.1, 0.15) is 0 Å². The molecule has 1 rings (SSSR count). The lowest BCUT2D eigenvalue weighted by Gasteiger charge is -2.14. The second-order valence-electron chi connectivity index (χ2n) is 6.31. The molecule has 0 saturated heterocycles.